The number of fused-ring (bicyclic) bond motifs is 1. The first-order chi connectivity index (χ1) is 15.0. The van der Waals surface area contributed by atoms with E-state index in [1.54, 1.807) is 24.3 Å². The third kappa shape index (κ3) is 6.57. The number of benzene rings is 3. The van der Waals surface area contributed by atoms with Gasteiger partial charge in [0.2, 0.25) is 5.91 Å². The van der Waals surface area contributed by atoms with E-state index in [-0.39, 0.29) is 18.7 Å². The Balaban J connectivity index is 1.40. The Morgan fingerprint density at radius 1 is 0.806 bits per heavy atom. The van der Waals surface area contributed by atoms with Crippen molar-refractivity contribution >= 4 is 39.9 Å². The van der Waals surface area contributed by atoms with Crippen molar-refractivity contribution in [2.24, 2.45) is 0 Å². The van der Waals surface area contributed by atoms with E-state index in [2.05, 4.69) is 10.6 Å². The number of carbonyl (C=O) groups is 3. The van der Waals surface area contributed by atoms with Gasteiger partial charge in [0.25, 0.3) is 5.91 Å². The van der Waals surface area contributed by atoms with Crippen molar-refractivity contribution in [2.75, 3.05) is 23.8 Å². The summed E-state index contributed by atoms with van der Waals surface area (Å²) >= 11 is 0. The summed E-state index contributed by atoms with van der Waals surface area (Å²) in [6, 6.07) is 20.2. The van der Waals surface area contributed by atoms with E-state index in [1.165, 1.54) is 0 Å². The fraction of sp³-hybridized carbons (Fsp3) is 0.208. The molecule has 2 N–H and O–H groups in total. The molecule has 0 aliphatic rings. The van der Waals surface area contributed by atoms with E-state index in [0.29, 0.717) is 23.7 Å². The average molecular weight is 420 g/mol. The van der Waals surface area contributed by atoms with Gasteiger partial charge in [0.1, 0.15) is 5.75 Å². The molecule has 0 bridgehead atoms. The molecule has 7 nitrogen and oxygen atoms in total. The molecule has 160 valence electrons. The van der Waals surface area contributed by atoms with Crippen LogP contribution < -0.4 is 15.4 Å². The summed E-state index contributed by atoms with van der Waals surface area (Å²) in [5.74, 6) is -0.673. The lowest BCUT2D eigenvalue weighted by atomic mass is 10.1. The number of ether oxygens (including phenoxy) is 2. The van der Waals surface area contributed by atoms with Crippen LogP contribution in [0, 0.1) is 0 Å². The molecule has 0 heterocycles. The Kier molecular flexibility index (Phi) is 7.59. The van der Waals surface area contributed by atoms with E-state index >= 15 is 0 Å². The molecule has 3 aromatic rings. The summed E-state index contributed by atoms with van der Waals surface area (Å²) in [7, 11) is 0. The highest BCUT2D eigenvalue weighted by Gasteiger charge is 2.12. The zero-order valence-corrected chi connectivity index (χ0v) is 17.2. The first-order valence-corrected chi connectivity index (χ1v) is 10.0. The zero-order chi connectivity index (χ0) is 22.1. The molecule has 0 atom stereocenters. The standard InChI is InChI=1S/C24H24N2O5/c1-2-30-19-12-10-18(11-13-19)25-23(28)16-31-24(29)15-14-22(27)26-21-9-5-7-17-6-3-4-8-20(17)21/h3-13H,2,14-16H2,1H3,(H,25,28)(H,26,27). The van der Waals surface area contributed by atoms with Crippen LogP contribution in [0.1, 0.15) is 19.8 Å². The summed E-state index contributed by atoms with van der Waals surface area (Å²) in [6.45, 7) is 2.02. The van der Waals surface area contributed by atoms with Gasteiger partial charge >= 0.3 is 5.97 Å². The van der Waals surface area contributed by atoms with Crippen molar-refractivity contribution in [1.82, 2.24) is 0 Å². The topological polar surface area (TPSA) is 93.7 Å². The van der Waals surface area contributed by atoms with Gasteiger partial charge in [-0.2, -0.15) is 0 Å². The van der Waals surface area contributed by atoms with Gasteiger partial charge in [-0.15, -0.1) is 0 Å². The molecule has 0 aliphatic carbocycles. The molecule has 0 aliphatic heterocycles. The van der Waals surface area contributed by atoms with Gasteiger partial charge in [0, 0.05) is 23.2 Å². The Labute approximate surface area is 180 Å². The normalized spacial score (nSPS) is 10.4. The zero-order valence-electron chi connectivity index (χ0n) is 17.2. The summed E-state index contributed by atoms with van der Waals surface area (Å²) in [6.07, 6.45) is -0.157. The van der Waals surface area contributed by atoms with E-state index < -0.39 is 18.5 Å². The Bertz CT molecular complexity index is 1060. The lowest BCUT2D eigenvalue weighted by molar-refractivity contribution is -0.147. The quantitative estimate of drug-likeness (QED) is 0.508. The summed E-state index contributed by atoms with van der Waals surface area (Å²) in [4.78, 5) is 36.0. The van der Waals surface area contributed by atoms with Crippen molar-refractivity contribution in [2.45, 2.75) is 19.8 Å². The second-order valence-electron chi connectivity index (χ2n) is 6.74. The van der Waals surface area contributed by atoms with Crippen LogP contribution in [-0.4, -0.2) is 31.0 Å². The van der Waals surface area contributed by atoms with Crippen LogP contribution in [0.15, 0.2) is 66.7 Å². The summed E-state index contributed by atoms with van der Waals surface area (Å²) in [5.41, 5.74) is 1.25. The number of anilines is 2. The third-order valence-electron chi connectivity index (χ3n) is 4.43. The minimum Gasteiger partial charge on any atom is -0.494 e. The van der Waals surface area contributed by atoms with Gasteiger partial charge in [-0.25, -0.2) is 0 Å². The molecular formula is C24H24N2O5. The minimum atomic E-state index is -0.616. The van der Waals surface area contributed by atoms with Crippen LogP contribution in [0.3, 0.4) is 0 Å². The fourth-order valence-electron chi connectivity index (χ4n) is 2.98. The van der Waals surface area contributed by atoms with Gasteiger partial charge in [0.15, 0.2) is 6.61 Å². The predicted molar refractivity (Wildman–Crippen MR) is 119 cm³/mol. The number of nitrogens with one attached hydrogen (secondary N) is 2. The number of hydrogen-bond acceptors (Lipinski definition) is 5. The number of rotatable bonds is 9. The smallest absolute Gasteiger partial charge is 0.306 e. The van der Waals surface area contributed by atoms with Crippen LogP contribution >= 0.6 is 0 Å². The van der Waals surface area contributed by atoms with Crippen LogP contribution in [0.2, 0.25) is 0 Å². The molecule has 3 aromatic carbocycles. The fourth-order valence-corrected chi connectivity index (χ4v) is 2.98. The van der Waals surface area contributed by atoms with Gasteiger partial charge in [-0.3, -0.25) is 14.4 Å². The molecule has 0 aromatic heterocycles. The van der Waals surface area contributed by atoms with Gasteiger partial charge in [-0.1, -0.05) is 36.4 Å². The monoisotopic (exact) mass is 420 g/mol. The van der Waals surface area contributed by atoms with Crippen molar-refractivity contribution in [1.29, 1.82) is 0 Å². The number of carbonyl (C=O) groups excluding carboxylic acids is 3. The lowest BCUT2D eigenvalue weighted by Crippen LogP contribution is -2.21. The lowest BCUT2D eigenvalue weighted by Gasteiger charge is -2.09. The number of amides is 2. The second-order valence-corrected chi connectivity index (χ2v) is 6.74. The van der Waals surface area contributed by atoms with Gasteiger partial charge < -0.3 is 20.1 Å². The third-order valence-corrected chi connectivity index (χ3v) is 4.43. The van der Waals surface area contributed by atoms with Crippen LogP contribution in [0.4, 0.5) is 11.4 Å². The number of esters is 1. The molecule has 0 unspecified atom stereocenters. The number of hydrogen-bond donors (Lipinski definition) is 2. The van der Waals surface area contributed by atoms with E-state index in [0.717, 1.165) is 10.8 Å². The Morgan fingerprint density at radius 2 is 1.55 bits per heavy atom. The summed E-state index contributed by atoms with van der Waals surface area (Å²) < 4.78 is 10.3. The van der Waals surface area contributed by atoms with Crippen molar-refractivity contribution in [3.05, 3.63) is 66.7 Å². The van der Waals surface area contributed by atoms with Crippen LogP contribution in [-0.2, 0) is 19.1 Å². The molecule has 0 saturated heterocycles. The maximum absolute atomic E-state index is 12.2. The highest BCUT2D eigenvalue weighted by atomic mass is 16.5. The molecule has 31 heavy (non-hydrogen) atoms. The molecule has 0 fully saturated rings. The maximum Gasteiger partial charge on any atom is 0.306 e. The molecule has 0 saturated carbocycles. The predicted octanol–water partition coefficient (Wildman–Crippen LogP) is 4.14. The molecular weight excluding hydrogens is 396 g/mol. The highest BCUT2D eigenvalue weighted by molar-refractivity contribution is 6.02. The molecule has 2 amide bonds. The van der Waals surface area contributed by atoms with Gasteiger partial charge in [-0.05, 0) is 42.6 Å². The minimum absolute atomic E-state index is 0.0391. The van der Waals surface area contributed by atoms with Gasteiger partial charge in [0.05, 0.1) is 13.0 Å². The highest BCUT2D eigenvalue weighted by Crippen LogP contribution is 2.23. The molecule has 7 heteroatoms. The average Bonchev–Trinajstić information content (AvgIpc) is 2.78. The van der Waals surface area contributed by atoms with E-state index in [1.807, 2.05) is 49.4 Å². The largest absolute Gasteiger partial charge is 0.494 e. The van der Waals surface area contributed by atoms with E-state index in [9.17, 15) is 14.4 Å². The molecule has 3 rings (SSSR count). The first-order valence-electron chi connectivity index (χ1n) is 10.0. The van der Waals surface area contributed by atoms with E-state index in [4.69, 9.17) is 9.47 Å². The maximum atomic E-state index is 12.2. The Morgan fingerprint density at radius 3 is 2.32 bits per heavy atom. The SMILES string of the molecule is CCOc1ccc(NC(=O)COC(=O)CCC(=O)Nc2cccc3ccccc23)cc1. The van der Waals surface area contributed by atoms with Crippen LogP contribution in [0.25, 0.3) is 10.8 Å². The van der Waals surface area contributed by atoms with Crippen molar-refractivity contribution in [3.63, 3.8) is 0 Å². The molecule has 0 radical (unpaired) electrons. The van der Waals surface area contributed by atoms with Crippen LogP contribution in [0.5, 0.6) is 5.75 Å². The summed E-state index contributed by atoms with van der Waals surface area (Å²) in [5, 5.41) is 7.38. The second kappa shape index (κ2) is 10.8. The first kappa shape index (κ1) is 21.8. The molecule has 0 spiro atoms. The van der Waals surface area contributed by atoms with Crippen molar-refractivity contribution in [3.8, 4) is 5.75 Å². The van der Waals surface area contributed by atoms with Crippen molar-refractivity contribution < 1.29 is 23.9 Å². The Hall–Kier alpha value is -3.87.